The number of nitrogens with one attached hydrogen (secondary N) is 2. The fraction of sp³-hybridized carbons (Fsp3) is 0.250. The Hall–Kier alpha value is -2.54. The van der Waals surface area contributed by atoms with E-state index in [1.54, 1.807) is 17.0 Å². The molecule has 0 atom stereocenters. The molecule has 2 aromatic rings. The van der Waals surface area contributed by atoms with E-state index in [1.165, 1.54) is 17.0 Å². The highest BCUT2D eigenvalue weighted by Crippen LogP contribution is 2.15. The summed E-state index contributed by atoms with van der Waals surface area (Å²) in [5.41, 5.74) is 6.08. The van der Waals surface area contributed by atoms with Crippen LogP contribution in [-0.4, -0.2) is 43.0 Å². The summed E-state index contributed by atoms with van der Waals surface area (Å²) in [4.78, 5) is 28.4. The van der Waals surface area contributed by atoms with E-state index in [2.05, 4.69) is 27.9 Å². The average molecular weight is 330 g/mol. The van der Waals surface area contributed by atoms with Gasteiger partial charge in [0.15, 0.2) is 0 Å². The third-order valence-corrected chi connectivity index (χ3v) is 4.58. The van der Waals surface area contributed by atoms with Gasteiger partial charge in [-0.05, 0) is 23.6 Å². The van der Waals surface area contributed by atoms with Gasteiger partial charge >= 0.3 is 6.03 Å². The van der Waals surface area contributed by atoms with Gasteiger partial charge in [0.25, 0.3) is 5.91 Å². The first-order chi connectivity index (χ1) is 11.2. The molecule has 1 aliphatic heterocycles. The highest BCUT2D eigenvalue weighted by molar-refractivity contribution is 7.12. The molecule has 23 heavy (non-hydrogen) atoms. The number of piperazine rings is 1. The molecular weight excluding hydrogens is 312 g/mol. The Morgan fingerprint density at radius 3 is 2.30 bits per heavy atom. The van der Waals surface area contributed by atoms with Gasteiger partial charge in [0.05, 0.1) is 4.88 Å². The molecule has 120 valence electrons. The van der Waals surface area contributed by atoms with Crippen LogP contribution in [-0.2, 0) is 0 Å². The second-order valence-electron chi connectivity index (χ2n) is 5.17. The van der Waals surface area contributed by atoms with E-state index < -0.39 is 0 Å². The van der Waals surface area contributed by atoms with Gasteiger partial charge in [-0.1, -0.05) is 24.3 Å². The van der Waals surface area contributed by atoms with Crippen molar-refractivity contribution in [2.24, 2.45) is 0 Å². The number of carbonyl (C=O) groups is 2. The van der Waals surface area contributed by atoms with Crippen LogP contribution in [0.2, 0.25) is 0 Å². The minimum Gasteiger partial charge on any atom is -0.368 e. The lowest BCUT2D eigenvalue weighted by Gasteiger charge is -2.35. The highest BCUT2D eigenvalue weighted by Gasteiger charge is 2.21. The van der Waals surface area contributed by atoms with Crippen LogP contribution in [0.25, 0.3) is 0 Å². The Bertz CT molecular complexity index is 652. The van der Waals surface area contributed by atoms with E-state index in [0.29, 0.717) is 18.0 Å². The first-order valence-corrected chi connectivity index (χ1v) is 8.31. The van der Waals surface area contributed by atoms with Crippen LogP contribution >= 0.6 is 11.3 Å². The minimum atomic E-state index is -0.295. The van der Waals surface area contributed by atoms with Gasteiger partial charge in [-0.15, -0.1) is 11.3 Å². The smallest absolute Gasteiger partial charge is 0.336 e. The number of urea groups is 1. The van der Waals surface area contributed by atoms with E-state index >= 15 is 0 Å². The lowest BCUT2D eigenvalue weighted by molar-refractivity contribution is 0.0933. The van der Waals surface area contributed by atoms with Gasteiger partial charge < -0.3 is 9.80 Å². The van der Waals surface area contributed by atoms with Crippen molar-refractivity contribution in [3.8, 4) is 0 Å². The monoisotopic (exact) mass is 330 g/mol. The number of carbonyl (C=O) groups excluding carboxylic acids is 2. The Balaban J connectivity index is 1.46. The Morgan fingerprint density at radius 1 is 0.913 bits per heavy atom. The molecule has 0 unspecified atom stereocenters. The third kappa shape index (κ3) is 3.81. The fourth-order valence-electron chi connectivity index (χ4n) is 2.47. The molecule has 3 amide bonds. The molecule has 0 aliphatic carbocycles. The highest BCUT2D eigenvalue weighted by atomic mass is 32.1. The zero-order valence-corrected chi connectivity index (χ0v) is 13.4. The van der Waals surface area contributed by atoms with Crippen molar-refractivity contribution < 1.29 is 9.59 Å². The standard InChI is InChI=1S/C16H18N4O2S/c21-15(14-7-4-12-23-14)17-18-16(22)20-10-8-19(9-11-20)13-5-2-1-3-6-13/h1-7,12H,8-11H2,(H,17,21)(H,18,22). The van der Waals surface area contributed by atoms with Crippen molar-refractivity contribution >= 4 is 29.0 Å². The molecule has 0 radical (unpaired) electrons. The number of thiophene rings is 1. The number of nitrogens with zero attached hydrogens (tertiary/aromatic N) is 2. The van der Waals surface area contributed by atoms with E-state index in [-0.39, 0.29) is 11.9 Å². The first kappa shape index (κ1) is 15.4. The van der Waals surface area contributed by atoms with E-state index in [9.17, 15) is 9.59 Å². The van der Waals surface area contributed by atoms with Crippen LogP contribution in [0, 0.1) is 0 Å². The summed E-state index contributed by atoms with van der Waals surface area (Å²) in [6.45, 7) is 2.79. The van der Waals surface area contributed by atoms with Gasteiger partial charge in [0.1, 0.15) is 0 Å². The van der Waals surface area contributed by atoms with Gasteiger partial charge in [-0.2, -0.15) is 0 Å². The summed E-state index contributed by atoms with van der Waals surface area (Å²) in [5.74, 6) is -0.295. The second-order valence-corrected chi connectivity index (χ2v) is 6.12. The molecule has 0 bridgehead atoms. The van der Waals surface area contributed by atoms with E-state index in [1.807, 2.05) is 23.6 Å². The molecule has 7 heteroatoms. The summed E-state index contributed by atoms with van der Waals surface area (Å²) in [7, 11) is 0. The largest absolute Gasteiger partial charge is 0.368 e. The van der Waals surface area contributed by atoms with E-state index in [0.717, 1.165) is 13.1 Å². The van der Waals surface area contributed by atoms with Crippen molar-refractivity contribution in [1.82, 2.24) is 15.8 Å². The van der Waals surface area contributed by atoms with Crippen LogP contribution in [0.5, 0.6) is 0 Å². The molecule has 6 nitrogen and oxygen atoms in total. The lowest BCUT2D eigenvalue weighted by Crippen LogP contribution is -2.55. The van der Waals surface area contributed by atoms with Crippen LogP contribution in [0.3, 0.4) is 0 Å². The van der Waals surface area contributed by atoms with Gasteiger partial charge in [0.2, 0.25) is 0 Å². The molecule has 2 N–H and O–H groups in total. The second kappa shape index (κ2) is 7.15. The average Bonchev–Trinajstić information content (AvgIpc) is 3.15. The van der Waals surface area contributed by atoms with E-state index in [4.69, 9.17) is 0 Å². The van der Waals surface area contributed by atoms with Crippen molar-refractivity contribution in [3.05, 3.63) is 52.7 Å². The Morgan fingerprint density at radius 2 is 1.65 bits per heavy atom. The molecule has 3 rings (SSSR count). The maximum atomic E-state index is 12.1. The maximum absolute atomic E-state index is 12.1. The summed E-state index contributed by atoms with van der Waals surface area (Å²) >= 11 is 1.33. The molecule has 0 saturated carbocycles. The SMILES string of the molecule is O=C(NNC(=O)N1CCN(c2ccccc2)CC1)c1cccs1. The fourth-order valence-corrected chi connectivity index (χ4v) is 3.08. The first-order valence-electron chi connectivity index (χ1n) is 7.43. The zero-order chi connectivity index (χ0) is 16.1. The molecular formula is C16H18N4O2S. The number of hydrogen-bond acceptors (Lipinski definition) is 4. The third-order valence-electron chi connectivity index (χ3n) is 3.72. The number of hydrazine groups is 1. The molecule has 1 aromatic carbocycles. The normalized spacial score (nSPS) is 14.4. The predicted octanol–water partition coefficient (Wildman–Crippen LogP) is 1.92. The molecule has 1 aliphatic rings. The summed E-state index contributed by atoms with van der Waals surface area (Å²) in [5, 5.41) is 1.82. The minimum absolute atomic E-state index is 0.275. The molecule has 1 fully saturated rings. The van der Waals surface area contributed by atoms with Crippen molar-refractivity contribution in [2.75, 3.05) is 31.1 Å². The summed E-state index contributed by atoms with van der Waals surface area (Å²) < 4.78 is 0. The summed E-state index contributed by atoms with van der Waals surface area (Å²) in [6, 6.07) is 13.4. The van der Waals surface area contributed by atoms with Crippen molar-refractivity contribution in [3.63, 3.8) is 0 Å². The molecule has 2 heterocycles. The van der Waals surface area contributed by atoms with Crippen LogP contribution in [0.1, 0.15) is 9.67 Å². The molecule has 0 spiro atoms. The number of benzene rings is 1. The Kier molecular flexibility index (Phi) is 4.77. The van der Waals surface area contributed by atoms with Crippen LogP contribution in [0.4, 0.5) is 10.5 Å². The van der Waals surface area contributed by atoms with Crippen molar-refractivity contribution in [2.45, 2.75) is 0 Å². The maximum Gasteiger partial charge on any atom is 0.336 e. The summed E-state index contributed by atoms with van der Waals surface area (Å²) in [6.07, 6.45) is 0. The quantitative estimate of drug-likeness (QED) is 0.827. The number of para-hydroxylation sites is 1. The Labute approximate surface area is 138 Å². The van der Waals surface area contributed by atoms with Gasteiger partial charge in [-0.3, -0.25) is 10.2 Å². The van der Waals surface area contributed by atoms with Crippen LogP contribution < -0.4 is 15.8 Å². The number of hydrogen-bond donors (Lipinski definition) is 2. The number of anilines is 1. The van der Waals surface area contributed by atoms with Crippen LogP contribution in [0.15, 0.2) is 47.8 Å². The number of rotatable bonds is 2. The zero-order valence-electron chi connectivity index (χ0n) is 12.6. The predicted molar refractivity (Wildman–Crippen MR) is 90.5 cm³/mol. The number of amides is 3. The van der Waals surface area contributed by atoms with Gasteiger partial charge in [0, 0.05) is 31.9 Å². The van der Waals surface area contributed by atoms with Gasteiger partial charge in [-0.25, -0.2) is 10.2 Å². The lowest BCUT2D eigenvalue weighted by atomic mass is 10.2. The topological polar surface area (TPSA) is 64.7 Å². The molecule has 1 aromatic heterocycles. The van der Waals surface area contributed by atoms with Crippen molar-refractivity contribution in [1.29, 1.82) is 0 Å². The molecule has 1 saturated heterocycles.